The Kier molecular flexibility index (Phi) is 4.78. The summed E-state index contributed by atoms with van der Waals surface area (Å²) in [5.74, 6) is 0. The van der Waals surface area contributed by atoms with Gasteiger partial charge in [-0.1, -0.05) is 0 Å². The SMILES string of the molecule is CCN(CCCN1CCOCC1)c1ccc2[nH]ccc2c1. The maximum Gasteiger partial charge on any atom is 0.0594 e. The topological polar surface area (TPSA) is 31.5 Å². The lowest BCUT2D eigenvalue weighted by molar-refractivity contribution is 0.0376. The predicted molar refractivity (Wildman–Crippen MR) is 88.1 cm³/mol. The third kappa shape index (κ3) is 3.57. The van der Waals surface area contributed by atoms with Crippen molar-refractivity contribution in [3.05, 3.63) is 30.5 Å². The smallest absolute Gasteiger partial charge is 0.0594 e. The highest BCUT2D eigenvalue weighted by Crippen LogP contribution is 2.21. The van der Waals surface area contributed by atoms with Crippen LogP contribution in [0.5, 0.6) is 0 Å². The van der Waals surface area contributed by atoms with Crippen molar-refractivity contribution in [1.29, 1.82) is 0 Å². The van der Waals surface area contributed by atoms with Crippen LogP contribution in [-0.2, 0) is 4.74 Å². The molecule has 1 aliphatic heterocycles. The molecule has 0 unspecified atom stereocenters. The first-order chi connectivity index (χ1) is 10.4. The molecule has 0 amide bonds. The van der Waals surface area contributed by atoms with Crippen molar-refractivity contribution < 1.29 is 4.74 Å². The number of H-pyrrole nitrogens is 1. The van der Waals surface area contributed by atoms with Gasteiger partial charge in [-0.15, -0.1) is 0 Å². The van der Waals surface area contributed by atoms with E-state index in [4.69, 9.17) is 4.74 Å². The summed E-state index contributed by atoms with van der Waals surface area (Å²) in [6, 6.07) is 8.82. The molecule has 1 fully saturated rings. The first-order valence-corrected chi connectivity index (χ1v) is 7.99. The number of anilines is 1. The average molecular weight is 287 g/mol. The Hall–Kier alpha value is -1.52. The molecule has 0 atom stereocenters. The second-order valence-corrected chi connectivity index (χ2v) is 5.64. The van der Waals surface area contributed by atoms with Gasteiger partial charge < -0.3 is 14.6 Å². The summed E-state index contributed by atoms with van der Waals surface area (Å²) in [6.07, 6.45) is 3.21. The third-order valence-corrected chi connectivity index (χ3v) is 4.29. The summed E-state index contributed by atoms with van der Waals surface area (Å²) in [7, 11) is 0. The molecule has 2 heterocycles. The zero-order valence-electron chi connectivity index (χ0n) is 12.8. The number of benzene rings is 1. The van der Waals surface area contributed by atoms with Crippen molar-refractivity contribution in [2.45, 2.75) is 13.3 Å². The van der Waals surface area contributed by atoms with Crippen LogP contribution in [0.15, 0.2) is 30.5 Å². The molecule has 2 aromatic rings. The number of fused-ring (bicyclic) bond motifs is 1. The first kappa shape index (κ1) is 14.4. The largest absolute Gasteiger partial charge is 0.379 e. The van der Waals surface area contributed by atoms with E-state index in [0.717, 1.165) is 39.4 Å². The van der Waals surface area contributed by atoms with Crippen LogP contribution in [0.4, 0.5) is 5.69 Å². The Morgan fingerprint density at radius 1 is 1.24 bits per heavy atom. The van der Waals surface area contributed by atoms with E-state index in [9.17, 15) is 0 Å². The maximum atomic E-state index is 5.40. The highest BCUT2D eigenvalue weighted by Gasteiger charge is 2.11. The van der Waals surface area contributed by atoms with Gasteiger partial charge in [-0.2, -0.15) is 0 Å². The summed E-state index contributed by atoms with van der Waals surface area (Å²) < 4.78 is 5.40. The van der Waals surface area contributed by atoms with E-state index in [1.807, 2.05) is 6.20 Å². The van der Waals surface area contributed by atoms with Crippen LogP contribution in [0.3, 0.4) is 0 Å². The minimum Gasteiger partial charge on any atom is -0.379 e. The molecule has 0 radical (unpaired) electrons. The molecule has 1 saturated heterocycles. The number of aromatic nitrogens is 1. The molecular formula is C17H25N3O. The molecule has 0 saturated carbocycles. The normalized spacial score (nSPS) is 16.4. The lowest BCUT2D eigenvalue weighted by Gasteiger charge is -2.28. The number of nitrogens with zero attached hydrogens (tertiary/aromatic N) is 2. The first-order valence-electron chi connectivity index (χ1n) is 7.99. The molecule has 0 spiro atoms. The monoisotopic (exact) mass is 287 g/mol. The van der Waals surface area contributed by atoms with Crippen LogP contribution < -0.4 is 4.90 Å². The zero-order valence-corrected chi connectivity index (χ0v) is 12.8. The van der Waals surface area contributed by atoms with Gasteiger partial charge in [-0.05, 0) is 37.6 Å². The van der Waals surface area contributed by atoms with Gasteiger partial charge in [-0.3, -0.25) is 4.90 Å². The molecule has 0 aliphatic carbocycles. The van der Waals surface area contributed by atoms with E-state index >= 15 is 0 Å². The Bertz CT molecular complexity index is 560. The second-order valence-electron chi connectivity index (χ2n) is 5.64. The summed E-state index contributed by atoms with van der Waals surface area (Å²) in [4.78, 5) is 8.22. The van der Waals surface area contributed by atoms with Gasteiger partial charge in [0.1, 0.15) is 0 Å². The van der Waals surface area contributed by atoms with Crippen molar-refractivity contribution in [1.82, 2.24) is 9.88 Å². The van der Waals surface area contributed by atoms with Crippen LogP contribution in [-0.4, -0.2) is 55.8 Å². The predicted octanol–water partition coefficient (Wildman–Crippen LogP) is 2.72. The van der Waals surface area contributed by atoms with Gasteiger partial charge in [0.2, 0.25) is 0 Å². The van der Waals surface area contributed by atoms with Crippen LogP contribution in [0.1, 0.15) is 13.3 Å². The van der Waals surface area contributed by atoms with Crippen molar-refractivity contribution in [3.63, 3.8) is 0 Å². The molecule has 4 heteroatoms. The molecule has 3 rings (SSSR count). The van der Waals surface area contributed by atoms with Gasteiger partial charge in [0.15, 0.2) is 0 Å². The highest BCUT2D eigenvalue weighted by atomic mass is 16.5. The second kappa shape index (κ2) is 6.96. The molecule has 21 heavy (non-hydrogen) atoms. The molecule has 0 bridgehead atoms. The van der Waals surface area contributed by atoms with Gasteiger partial charge in [0.05, 0.1) is 13.2 Å². The van der Waals surface area contributed by atoms with Gasteiger partial charge in [0.25, 0.3) is 0 Å². The fourth-order valence-corrected chi connectivity index (χ4v) is 3.02. The summed E-state index contributed by atoms with van der Waals surface area (Å²) in [5.41, 5.74) is 2.54. The van der Waals surface area contributed by atoms with E-state index < -0.39 is 0 Å². The number of hydrogen-bond donors (Lipinski definition) is 1. The minimum atomic E-state index is 0.891. The third-order valence-electron chi connectivity index (χ3n) is 4.29. The number of morpholine rings is 1. The number of nitrogens with one attached hydrogen (secondary N) is 1. The van der Waals surface area contributed by atoms with Crippen LogP contribution in [0, 0.1) is 0 Å². The maximum absolute atomic E-state index is 5.40. The van der Waals surface area contributed by atoms with Gasteiger partial charge in [-0.25, -0.2) is 0 Å². The molecule has 4 nitrogen and oxygen atoms in total. The number of rotatable bonds is 6. The molecule has 1 N–H and O–H groups in total. The van der Waals surface area contributed by atoms with E-state index in [-0.39, 0.29) is 0 Å². The number of ether oxygens (including phenoxy) is 1. The number of aromatic amines is 1. The molecule has 1 aromatic carbocycles. The van der Waals surface area contributed by atoms with E-state index in [1.54, 1.807) is 0 Å². The Balaban J connectivity index is 1.56. The van der Waals surface area contributed by atoms with Crippen molar-refractivity contribution in [2.75, 3.05) is 50.8 Å². The molecule has 1 aromatic heterocycles. The van der Waals surface area contributed by atoms with Crippen molar-refractivity contribution in [2.24, 2.45) is 0 Å². The zero-order chi connectivity index (χ0) is 14.5. The average Bonchev–Trinajstić information content (AvgIpc) is 3.00. The molecule has 114 valence electrons. The van der Waals surface area contributed by atoms with E-state index in [0.29, 0.717) is 0 Å². The molecular weight excluding hydrogens is 262 g/mol. The summed E-state index contributed by atoms with van der Waals surface area (Å²) in [5, 5.41) is 1.29. The molecule has 1 aliphatic rings. The standard InChI is InChI=1S/C17H25N3O/c1-2-20(9-3-8-19-10-12-21-13-11-19)16-4-5-17-15(14-16)6-7-18-17/h4-7,14,18H,2-3,8-13H2,1H3. The Labute approximate surface area is 126 Å². The van der Waals surface area contributed by atoms with E-state index in [1.165, 1.54) is 29.6 Å². The fraction of sp³-hybridized carbons (Fsp3) is 0.529. The lowest BCUT2D eigenvalue weighted by Crippen LogP contribution is -2.38. The Morgan fingerprint density at radius 3 is 2.90 bits per heavy atom. The van der Waals surface area contributed by atoms with Crippen LogP contribution >= 0.6 is 0 Å². The number of hydrogen-bond acceptors (Lipinski definition) is 3. The lowest BCUT2D eigenvalue weighted by atomic mass is 10.2. The van der Waals surface area contributed by atoms with Crippen molar-refractivity contribution in [3.8, 4) is 0 Å². The summed E-state index contributed by atoms with van der Waals surface area (Å²) in [6.45, 7) is 9.53. The van der Waals surface area contributed by atoms with Gasteiger partial charge in [0, 0.05) is 55.5 Å². The van der Waals surface area contributed by atoms with E-state index in [2.05, 4.69) is 46.0 Å². The van der Waals surface area contributed by atoms with Gasteiger partial charge >= 0.3 is 0 Å². The van der Waals surface area contributed by atoms with Crippen LogP contribution in [0.25, 0.3) is 10.9 Å². The van der Waals surface area contributed by atoms with Crippen LogP contribution in [0.2, 0.25) is 0 Å². The Morgan fingerprint density at radius 2 is 2.10 bits per heavy atom. The fourth-order valence-electron chi connectivity index (χ4n) is 3.02. The quantitative estimate of drug-likeness (QED) is 0.886. The van der Waals surface area contributed by atoms with Crippen molar-refractivity contribution >= 4 is 16.6 Å². The minimum absolute atomic E-state index is 0.891. The summed E-state index contributed by atoms with van der Waals surface area (Å²) >= 11 is 0. The highest BCUT2D eigenvalue weighted by molar-refractivity contribution is 5.83.